The van der Waals surface area contributed by atoms with Crippen molar-refractivity contribution in [2.45, 2.75) is 123 Å². The average molecular weight is 656 g/mol. The van der Waals surface area contributed by atoms with Gasteiger partial charge in [-0.05, 0) is 62.6 Å². The van der Waals surface area contributed by atoms with E-state index in [1.165, 1.54) is 7.11 Å². The fraction of sp³-hybridized carbons (Fsp3) is 0.730. The fourth-order valence-electron chi connectivity index (χ4n) is 7.37. The molecule has 2 fully saturated rings. The van der Waals surface area contributed by atoms with Crippen LogP contribution < -0.4 is 10.6 Å². The molecule has 5 atom stereocenters. The molecule has 2 aliphatic rings. The summed E-state index contributed by atoms with van der Waals surface area (Å²) in [6.07, 6.45) is 5.01. The molecule has 10 heteroatoms. The third-order valence-corrected chi connectivity index (χ3v) is 10.4. The van der Waals surface area contributed by atoms with Gasteiger partial charge in [-0.2, -0.15) is 0 Å². The van der Waals surface area contributed by atoms with Gasteiger partial charge in [0.1, 0.15) is 12.1 Å². The molecule has 0 radical (unpaired) electrons. The number of methoxy groups -OCH3 is 1. The zero-order chi connectivity index (χ0) is 35.1. The lowest BCUT2D eigenvalue weighted by atomic mass is 9.76. The molecule has 0 aromatic heterocycles. The lowest BCUT2D eigenvalue weighted by Crippen LogP contribution is -2.63. The van der Waals surface area contributed by atoms with Gasteiger partial charge in [0.05, 0.1) is 19.2 Å². The number of likely N-dealkylation sites (tertiary alicyclic amines) is 2. The Balaban J connectivity index is 1.83. The van der Waals surface area contributed by atoms with Crippen LogP contribution in [-0.4, -0.2) is 109 Å². The molecule has 1 aromatic rings. The summed E-state index contributed by atoms with van der Waals surface area (Å²) in [6, 6.07) is 7.50. The van der Waals surface area contributed by atoms with Crippen molar-refractivity contribution < 1.29 is 23.9 Å². The first-order valence-corrected chi connectivity index (χ1v) is 17.5. The van der Waals surface area contributed by atoms with Crippen LogP contribution in [0.5, 0.6) is 0 Å². The number of hydrogen-bond donors (Lipinski definition) is 2. The maximum absolute atomic E-state index is 14.4. The first-order valence-electron chi connectivity index (χ1n) is 17.5. The van der Waals surface area contributed by atoms with Crippen molar-refractivity contribution in [2.24, 2.45) is 11.3 Å². The summed E-state index contributed by atoms with van der Waals surface area (Å²) in [5.41, 5.74) is -0.0637. The molecule has 0 spiro atoms. The number of piperidine rings is 2. The van der Waals surface area contributed by atoms with Crippen molar-refractivity contribution >= 4 is 23.7 Å². The van der Waals surface area contributed by atoms with Crippen molar-refractivity contribution in [1.82, 2.24) is 25.3 Å². The first kappa shape index (κ1) is 38.5. The Morgan fingerprint density at radius 1 is 0.915 bits per heavy atom. The van der Waals surface area contributed by atoms with E-state index in [0.29, 0.717) is 19.5 Å². The van der Waals surface area contributed by atoms with E-state index < -0.39 is 29.0 Å². The Bertz CT molecular complexity index is 1210. The highest BCUT2D eigenvalue weighted by molar-refractivity contribution is 5.91. The maximum atomic E-state index is 14.4. The van der Waals surface area contributed by atoms with Gasteiger partial charge in [0, 0.05) is 31.6 Å². The molecule has 2 saturated heterocycles. The van der Waals surface area contributed by atoms with E-state index >= 15 is 0 Å². The largest absolute Gasteiger partial charge is 0.467 e. The highest BCUT2D eigenvalue weighted by Gasteiger charge is 2.44. The second-order valence-electron chi connectivity index (χ2n) is 15.5. The minimum absolute atomic E-state index is 0.0183. The van der Waals surface area contributed by atoms with Crippen LogP contribution in [-0.2, 0) is 29.3 Å². The first-order chi connectivity index (χ1) is 22.1. The second kappa shape index (κ2) is 16.4. The van der Waals surface area contributed by atoms with Crippen LogP contribution >= 0.6 is 0 Å². The van der Waals surface area contributed by atoms with Crippen LogP contribution in [0, 0.1) is 11.3 Å². The number of carbonyl (C=O) groups excluding carboxylic acids is 4. The summed E-state index contributed by atoms with van der Waals surface area (Å²) < 4.78 is 5.05. The van der Waals surface area contributed by atoms with Gasteiger partial charge in [0.25, 0.3) is 0 Å². The van der Waals surface area contributed by atoms with Gasteiger partial charge in [0.2, 0.25) is 17.7 Å². The molecular formula is C37H61N5O5. The van der Waals surface area contributed by atoms with Gasteiger partial charge in [-0.25, -0.2) is 4.79 Å². The second-order valence-corrected chi connectivity index (χ2v) is 15.5. The van der Waals surface area contributed by atoms with E-state index in [0.717, 1.165) is 44.2 Å². The molecule has 0 unspecified atom stereocenters. The summed E-state index contributed by atoms with van der Waals surface area (Å²) in [7, 11) is 4.97. The highest BCUT2D eigenvalue weighted by atomic mass is 16.5. The minimum atomic E-state index is -0.767. The maximum Gasteiger partial charge on any atom is 0.328 e. The Morgan fingerprint density at radius 2 is 1.51 bits per heavy atom. The number of esters is 1. The van der Waals surface area contributed by atoms with E-state index in [2.05, 4.69) is 29.4 Å². The van der Waals surface area contributed by atoms with Crippen LogP contribution in [0.4, 0.5) is 0 Å². The van der Waals surface area contributed by atoms with E-state index in [9.17, 15) is 19.2 Å². The summed E-state index contributed by atoms with van der Waals surface area (Å²) in [5, 5.41) is 6.35. The van der Waals surface area contributed by atoms with Gasteiger partial charge in [-0.15, -0.1) is 0 Å². The van der Waals surface area contributed by atoms with E-state index in [1.807, 2.05) is 72.0 Å². The molecule has 0 saturated carbocycles. The normalized spacial score (nSPS) is 21.5. The molecule has 264 valence electrons. The summed E-state index contributed by atoms with van der Waals surface area (Å²) in [6.45, 7) is 16.0. The van der Waals surface area contributed by atoms with Crippen LogP contribution in [0.25, 0.3) is 0 Å². The quantitative estimate of drug-likeness (QED) is 0.328. The van der Waals surface area contributed by atoms with Gasteiger partial charge in [-0.1, -0.05) is 85.2 Å². The zero-order valence-electron chi connectivity index (χ0n) is 30.6. The summed E-state index contributed by atoms with van der Waals surface area (Å²) >= 11 is 0. The van der Waals surface area contributed by atoms with E-state index in [1.54, 1.807) is 16.8 Å². The number of benzene rings is 1. The molecule has 10 nitrogen and oxygen atoms in total. The Morgan fingerprint density at radius 3 is 2.06 bits per heavy atom. The lowest BCUT2D eigenvalue weighted by Gasteiger charge is -2.45. The number of amides is 3. The number of hydrogen-bond acceptors (Lipinski definition) is 7. The molecule has 0 bridgehead atoms. The van der Waals surface area contributed by atoms with Crippen LogP contribution in [0.15, 0.2) is 30.3 Å². The molecule has 47 heavy (non-hydrogen) atoms. The molecule has 2 N–H and O–H groups in total. The predicted molar refractivity (Wildman–Crippen MR) is 186 cm³/mol. The molecular weight excluding hydrogens is 594 g/mol. The monoisotopic (exact) mass is 655 g/mol. The molecule has 2 aliphatic heterocycles. The van der Waals surface area contributed by atoms with Crippen molar-refractivity contribution in [3.05, 3.63) is 35.9 Å². The SMILES string of the molecule is CN[C@H](C(=O)N[C@H](C(=O)N(C)[C@H](CN1CCCC[C@H]1C(=O)N1CCCC[C@H]1C(=O)OC)C(C)C)C(C)(C)C)C(C)(C)c1ccccc1. The van der Waals surface area contributed by atoms with Crippen molar-refractivity contribution in [2.75, 3.05) is 40.8 Å². The van der Waals surface area contributed by atoms with Crippen LogP contribution in [0.2, 0.25) is 0 Å². The van der Waals surface area contributed by atoms with Crippen LogP contribution in [0.1, 0.15) is 92.6 Å². The van der Waals surface area contributed by atoms with Crippen molar-refractivity contribution in [3.8, 4) is 0 Å². The fourth-order valence-corrected chi connectivity index (χ4v) is 7.37. The highest BCUT2D eigenvalue weighted by Crippen LogP contribution is 2.30. The predicted octanol–water partition coefficient (Wildman–Crippen LogP) is 3.97. The third-order valence-electron chi connectivity index (χ3n) is 10.4. The molecule has 2 heterocycles. The van der Waals surface area contributed by atoms with Crippen LogP contribution in [0.3, 0.4) is 0 Å². The number of nitrogens with one attached hydrogen (secondary N) is 2. The smallest absolute Gasteiger partial charge is 0.328 e. The van der Waals surface area contributed by atoms with Gasteiger partial charge < -0.3 is 25.2 Å². The van der Waals surface area contributed by atoms with Gasteiger partial charge in [-0.3, -0.25) is 19.3 Å². The number of rotatable bonds is 12. The molecule has 1 aromatic carbocycles. The minimum Gasteiger partial charge on any atom is -0.467 e. The zero-order valence-corrected chi connectivity index (χ0v) is 30.6. The van der Waals surface area contributed by atoms with Crippen molar-refractivity contribution in [3.63, 3.8) is 0 Å². The molecule has 3 rings (SSSR count). The van der Waals surface area contributed by atoms with Crippen molar-refractivity contribution in [1.29, 1.82) is 0 Å². The van der Waals surface area contributed by atoms with E-state index in [-0.39, 0.29) is 41.7 Å². The Hall–Kier alpha value is -2.98. The summed E-state index contributed by atoms with van der Waals surface area (Å²) in [4.78, 5) is 60.7. The van der Waals surface area contributed by atoms with Gasteiger partial charge in [0.15, 0.2) is 0 Å². The number of likely N-dealkylation sites (N-methyl/N-ethyl adjacent to an activating group) is 2. The number of carbonyl (C=O) groups is 4. The van der Waals surface area contributed by atoms with Gasteiger partial charge >= 0.3 is 5.97 Å². The Labute approximate surface area is 283 Å². The lowest BCUT2D eigenvalue weighted by molar-refractivity contribution is -0.157. The Kier molecular flexibility index (Phi) is 13.4. The number of ether oxygens (including phenoxy) is 1. The topological polar surface area (TPSA) is 111 Å². The standard InChI is InChI=1S/C37H61N5O5/c1-25(2)29(24-41-22-16-14-20-27(41)33(44)42-23-17-15-21-28(42)35(46)47-10)40(9)34(45)31(36(3,4)5)39-32(43)30(38-8)37(6,7)26-18-12-11-13-19-26/h11-13,18-19,25,27-31,38H,14-17,20-24H2,1-10H3,(H,39,43)/t27-,28-,29+,30+,31+/m0/s1. The third kappa shape index (κ3) is 9.13. The molecule has 3 amide bonds. The summed E-state index contributed by atoms with van der Waals surface area (Å²) in [5.74, 6) is -0.659. The van der Waals surface area contributed by atoms with E-state index in [4.69, 9.17) is 4.74 Å². The molecule has 0 aliphatic carbocycles. The number of nitrogens with zero attached hydrogens (tertiary/aromatic N) is 3. The average Bonchev–Trinajstić information content (AvgIpc) is 3.04.